The molecule has 0 fully saturated rings. The normalized spacial score (nSPS) is 10.2. The standard InChI is InChI=1S/C13H12BrN3/c1-17(2)12-8-9(6-7-15)16-13-10(12)4-3-5-11(13)14/h3-5,8H,6H2,1-2H3. The number of hydrogen-bond donors (Lipinski definition) is 0. The van der Waals surface area contributed by atoms with Crippen LogP contribution < -0.4 is 4.90 Å². The number of anilines is 1. The van der Waals surface area contributed by atoms with Crippen LogP contribution >= 0.6 is 15.9 Å². The zero-order valence-electron chi connectivity index (χ0n) is 9.74. The van der Waals surface area contributed by atoms with E-state index in [0.29, 0.717) is 6.42 Å². The second-order valence-corrected chi connectivity index (χ2v) is 4.85. The minimum atomic E-state index is 0.331. The summed E-state index contributed by atoms with van der Waals surface area (Å²) < 4.78 is 0.956. The molecule has 0 unspecified atom stereocenters. The summed E-state index contributed by atoms with van der Waals surface area (Å²) in [5.41, 5.74) is 2.79. The fourth-order valence-corrected chi connectivity index (χ4v) is 2.24. The Morgan fingerprint density at radius 1 is 1.41 bits per heavy atom. The first-order valence-corrected chi connectivity index (χ1v) is 6.05. The van der Waals surface area contributed by atoms with Gasteiger partial charge in [-0.3, -0.25) is 4.98 Å². The third kappa shape index (κ3) is 2.25. The van der Waals surface area contributed by atoms with Crippen molar-refractivity contribution in [3.05, 3.63) is 34.4 Å². The molecule has 0 radical (unpaired) electrons. The monoisotopic (exact) mass is 289 g/mol. The van der Waals surface area contributed by atoms with Crippen LogP contribution in [-0.2, 0) is 6.42 Å². The molecule has 3 nitrogen and oxygen atoms in total. The van der Waals surface area contributed by atoms with Gasteiger partial charge in [-0.25, -0.2) is 0 Å². The van der Waals surface area contributed by atoms with Crippen LogP contribution in [0.25, 0.3) is 10.9 Å². The highest BCUT2D eigenvalue weighted by atomic mass is 79.9. The minimum Gasteiger partial charge on any atom is -0.377 e. The molecule has 86 valence electrons. The Balaban J connectivity index is 2.77. The molecular formula is C13H12BrN3. The molecule has 0 N–H and O–H groups in total. The lowest BCUT2D eigenvalue weighted by molar-refractivity contribution is 1.10. The maximum Gasteiger partial charge on any atom is 0.0868 e. The summed E-state index contributed by atoms with van der Waals surface area (Å²) in [4.78, 5) is 6.55. The number of halogens is 1. The van der Waals surface area contributed by atoms with Crippen LogP contribution in [0.15, 0.2) is 28.7 Å². The molecule has 0 aliphatic heterocycles. The van der Waals surface area contributed by atoms with Gasteiger partial charge in [-0.15, -0.1) is 0 Å². The van der Waals surface area contributed by atoms with Crippen molar-refractivity contribution in [3.63, 3.8) is 0 Å². The molecule has 1 heterocycles. The van der Waals surface area contributed by atoms with Crippen molar-refractivity contribution >= 4 is 32.5 Å². The van der Waals surface area contributed by atoms with E-state index in [4.69, 9.17) is 5.26 Å². The van der Waals surface area contributed by atoms with Gasteiger partial charge in [-0.2, -0.15) is 5.26 Å². The Bertz CT molecular complexity index is 599. The summed E-state index contributed by atoms with van der Waals surface area (Å²) in [7, 11) is 3.98. The Morgan fingerprint density at radius 3 is 2.82 bits per heavy atom. The molecule has 0 bridgehead atoms. The number of nitrogens with zero attached hydrogens (tertiary/aromatic N) is 3. The second-order valence-electron chi connectivity index (χ2n) is 4.00. The number of rotatable bonds is 2. The van der Waals surface area contributed by atoms with E-state index in [1.807, 2.05) is 43.3 Å². The van der Waals surface area contributed by atoms with Crippen LogP contribution in [-0.4, -0.2) is 19.1 Å². The van der Waals surface area contributed by atoms with E-state index in [1.54, 1.807) is 0 Å². The molecular weight excluding hydrogens is 278 g/mol. The highest BCUT2D eigenvalue weighted by Gasteiger charge is 2.09. The lowest BCUT2D eigenvalue weighted by Gasteiger charge is -2.16. The van der Waals surface area contributed by atoms with Gasteiger partial charge in [-0.1, -0.05) is 12.1 Å². The molecule has 0 aliphatic rings. The first-order valence-electron chi connectivity index (χ1n) is 5.26. The van der Waals surface area contributed by atoms with E-state index in [-0.39, 0.29) is 0 Å². The first kappa shape index (κ1) is 11.9. The Labute approximate surface area is 109 Å². The van der Waals surface area contributed by atoms with E-state index in [0.717, 1.165) is 26.8 Å². The number of aromatic nitrogens is 1. The highest BCUT2D eigenvalue weighted by molar-refractivity contribution is 9.10. The maximum atomic E-state index is 8.78. The van der Waals surface area contributed by atoms with Crippen molar-refractivity contribution in [2.24, 2.45) is 0 Å². The quantitative estimate of drug-likeness (QED) is 0.853. The molecule has 0 atom stereocenters. The number of pyridine rings is 1. The third-order valence-electron chi connectivity index (χ3n) is 2.56. The van der Waals surface area contributed by atoms with Gasteiger partial charge < -0.3 is 4.90 Å². The molecule has 17 heavy (non-hydrogen) atoms. The zero-order valence-corrected chi connectivity index (χ0v) is 11.3. The smallest absolute Gasteiger partial charge is 0.0868 e. The third-order valence-corrected chi connectivity index (χ3v) is 3.20. The van der Waals surface area contributed by atoms with E-state index < -0.39 is 0 Å². The fourth-order valence-electron chi connectivity index (χ4n) is 1.79. The van der Waals surface area contributed by atoms with Gasteiger partial charge in [0.05, 0.1) is 23.7 Å². The summed E-state index contributed by atoms with van der Waals surface area (Å²) in [5.74, 6) is 0. The van der Waals surface area contributed by atoms with Crippen LogP contribution in [0.5, 0.6) is 0 Å². The summed E-state index contributed by atoms with van der Waals surface area (Å²) in [6, 6.07) is 10.1. The maximum absolute atomic E-state index is 8.78. The molecule has 2 rings (SSSR count). The molecule has 1 aromatic heterocycles. The van der Waals surface area contributed by atoms with Gasteiger partial charge >= 0.3 is 0 Å². The van der Waals surface area contributed by atoms with Crippen molar-refractivity contribution in [2.75, 3.05) is 19.0 Å². The van der Waals surface area contributed by atoms with Crippen molar-refractivity contribution in [1.29, 1.82) is 5.26 Å². The van der Waals surface area contributed by atoms with Gasteiger partial charge in [0.2, 0.25) is 0 Å². The Kier molecular flexibility index (Phi) is 3.30. The fraction of sp³-hybridized carbons (Fsp3) is 0.231. The van der Waals surface area contributed by atoms with Gasteiger partial charge in [0.15, 0.2) is 0 Å². The topological polar surface area (TPSA) is 39.9 Å². The number of fused-ring (bicyclic) bond motifs is 1. The van der Waals surface area contributed by atoms with E-state index in [2.05, 4.69) is 27.0 Å². The summed E-state index contributed by atoms with van der Waals surface area (Å²) >= 11 is 3.50. The second kappa shape index (κ2) is 4.72. The minimum absolute atomic E-state index is 0.331. The highest BCUT2D eigenvalue weighted by Crippen LogP contribution is 2.30. The average molecular weight is 290 g/mol. The van der Waals surface area contributed by atoms with Crippen LogP contribution in [0.3, 0.4) is 0 Å². The largest absolute Gasteiger partial charge is 0.377 e. The molecule has 0 saturated heterocycles. The molecule has 4 heteroatoms. The van der Waals surface area contributed by atoms with Crippen LogP contribution in [0.1, 0.15) is 5.69 Å². The molecule has 0 amide bonds. The Morgan fingerprint density at radius 2 is 2.18 bits per heavy atom. The van der Waals surface area contributed by atoms with Crippen LogP contribution in [0.4, 0.5) is 5.69 Å². The predicted octanol–water partition coefficient (Wildman–Crippen LogP) is 3.13. The molecule has 0 saturated carbocycles. The van der Waals surface area contributed by atoms with Gasteiger partial charge in [0.25, 0.3) is 0 Å². The Hall–Kier alpha value is -1.60. The summed E-state index contributed by atoms with van der Waals surface area (Å²) in [6.45, 7) is 0. The zero-order chi connectivity index (χ0) is 12.4. The predicted molar refractivity (Wildman–Crippen MR) is 73.1 cm³/mol. The average Bonchev–Trinajstić information content (AvgIpc) is 2.29. The molecule has 0 aliphatic carbocycles. The lowest BCUT2D eigenvalue weighted by atomic mass is 10.1. The molecule has 1 aromatic carbocycles. The van der Waals surface area contributed by atoms with E-state index in [9.17, 15) is 0 Å². The van der Waals surface area contributed by atoms with Crippen LogP contribution in [0.2, 0.25) is 0 Å². The van der Waals surface area contributed by atoms with E-state index >= 15 is 0 Å². The van der Waals surface area contributed by atoms with Crippen molar-refractivity contribution in [1.82, 2.24) is 4.98 Å². The number of para-hydroxylation sites is 1. The summed E-state index contributed by atoms with van der Waals surface area (Å²) in [5, 5.41) is 9.86. The van der Waals surface area contributed by atoms with Crippen LogP contribution in [0, 0.1) is 11.3 Å². The van der Waals surface area contributed by atoms with Crippen molar-refractivity contribution < 1.29 is 0 Å². The van der Waals surface area contributed by atoms with Gasteiger partial charge in [0.1, 0.15) is 0 Å². The van der Waals surface area contributed by atoms with Gasteiger partial charge in [-0.05, 0) is 28.1 Å². The molecule has 2 aromatic rings. The first-order chi connectivity index (χ1) is 8.13. The van der Waals surface area contributed by atoms with E-state index in [1.165, 1.54) is 0 Å². The number of benzene rings is 1. The SMILES string of the molecule is CN(C)c1cc(CC#N)nc2c(Br)cccc12. The molecule has 0 spiro atoms. The lowest BCUT2D eigenvalue weighted by Crippen LogP contribution is -2.10. The summed E-state index contributed by atoms with van der Waals surface area (Å²) in [6.07, 6.45) is 0.331. The van der Waals surface area contributed by atoms with Crippen molar-refractivity contribution in [2.45, 2.75) is 6.42 Å². The van der Waals surface area contributed by atoms with Crippen molar-refractivity contribution in [3.8, 4) is 6.07 Å². The van der Waals surface area contributed by atoms with Gasteiger partial charge in [0, 0.05) is 29.6 Å². The number of hydrogen-bond acceptors (Lipinski definition) is 3. The number of nitriles is 1.